The maximum absolute atomic E-state index is 12.7. The van der Waals surface area contributed by atoms with Crippen LogP contribution in [-0.4, -0.2) is 22.2 Å². The molecule has 5 nitrogen and oxygen atoms in total. The van der Waals surface area contributed by atoms with Crippen molar-refractivity contribution in [1.82, 2.24) is 15.1 Å². The molecular formula is C23H28N4OS. The first-order valence-corrected chi connectivity index (χ1v) is 11.3. The Morgan fingerprint density at radius 3 is 2.69 bits per heavy atom. The molecule has 152 valence electrons. The van der Waals surface area contributed by atoms with E-state index in [0.29, 0.717) is 6.04 Å². The predicted molar refractivity (Wildman–Crippen MR) is 118 cm³/mol. The van der Waals surface area contributed by atoms with Crippen LogP contribution in [0.2, 0.25) is 0 Å². The van der Waals surface area contributed by atoms with Gasteiger partial charge in [-0.2, -0.15) is 5.10 Å². The van der Waals surface area contributed by atoms with Gasteiger partial charge in [-0.25, -0.2) is 4.68 Å². The van der Waals surface area contributed by atoms with Crippen molar-refractivity contribution in [3.63, 3.8) is 0 Å². The lowest BCUT2D eigenvalue weighted by atomic mass is 10.0. The summed E-state index contributed by atoms with van der Waals surface area (Å²) in [6.07, 6.45) is 7.53. The average molecular weight is 409 g/mol. The Labute approximate surface area is 176 Å². The summed E-state index contributed by atoms with van der Waals surface area (Å²) >= 11 is 1.70. The Balaban J connectivity index is 1.42. The molecule has 0 saturated heterocycles. The van der Waals surface area contributed by atoms with Crippen molar-refractivity contribution < 1.29 is 4.79 Å². The standard InChI is InChI=1S/C23H28N4OS/c1-2-17-9-11-18(12-10-17)23(20-8-5-15-29-20)24-16-22(28)26-21-13-14-25-27(21)19-6-3-4-7-19/h5,8-15,19,23-24H,2-4,6-7,16H2,1H3,(H,26,28)/t23-/m1/s1. The fourth-order valence-corrected chi connectivity index (χ4v) is 4.85. The Hall–Kier alpha value is -2.44. The molecule has 0 radical (unpaired) electrons. The summed E-state index contributed by atoms with van der Waals surface area (Å²) in [4.78, 5) is 13.9. The van der Waals surface area contributed by atoms with Crippen LogP contribution in [0.4, 0.5) is 5.82 Å². The van der Waals surface area contributed by atoms with Gasteiger partial charge in [0.15, 0.2) is 0 Å². The zero-order valence-electron chi connectivity index (χ0n) is 16.8. The zero-order chi connectivity index (χ0) is 20.1. The van der Waals surface area contributed by atoms with Crippen molar-refractivity contribution in [1.29, 1.82) is 0 Å². The van der Waals surface area contributed by atoms with E-state index >= 15 is 0 Å². The summed E-state index contributed by atoms with van der Waals surface area (Å²) in [5.74, 6) is 0.750. The van der Waals surface area contributed by atoms with Gasteiger partial charge in [-0.05, 0) is 41.8 Å². The van der Waals surface area contributed by atoms with Crippen molar-refractivity contribution in [3.8, 4) is 0 Å². The number of rotatable bonds is 8. The summed E-state index contributed by atoms with van der Waals surface area (Å²) in [7, 11) is 0. The smallest absolute Gasteiger partial charge is 0.239 e. The number of anilines is 1. The third-order valence-electron chi connectivity index (χ3n) is 5.62. The number of thiophene rings is 1. The summed E-state index contributed by atoms with van der Waals surface area (Å²) in [5, 5.41) is 13.0. The number of aryl methyl sites for hydroxylation is 1. The molecule has 1 amide bonds. The van der Waals surface area contributed by atoms with E-state index in [4.69, 9.17) is 0 Å². The summed E-state index contributed by atoms with van der Waals surface area (Å²) < 4.78 is 1.98. The second-order valence-corrected chi connectivity index (χ2v) is 8.55. The van der Waals surface area contributed by atoms with Gasteiger partial charge in [0.05, 0.1) is 24.8 Å². The summed E-state index contributed by atoms with van der Waals surface area (Å²) in [6, 6.07) is 15.1. The molecule has 1 aliphatic carbocycles. The molecule has 1 aliphatic rings. The molecule has 0 spiro atoms. The molecular weight excluding hydrogens is 380 g/mol. The van der Waals surface area contributed by atoms with Gasteiger partial charge < -0.3 is 5.32 Å². The lowest BCUT2D eigenvalue weighted by Crippen LogP contribution is -2.32. The third kappa shape index (κ3) is 4.77. The molecule has 1 aromatic carbocycles. The lowest BCUT2D eigenvalue weighted by Gasteiger charge is -2.19. The van der Waals surface area contributed by atoms with Gasteiger partial charge >= 0.3 is 0 Å². The van der Waals surface area contributed by atoms with Crippen LogP contribution in [0.25, 0.3) is 0 Å². The topological polar surface area (TPSA) is 59.0 Å². The highest BCUT2D eigenvalue weighted by Crippen LogP contribution is 2.31. The maximum atomic E-state index is 12.7. The second kappa shape index (κ2) is 9.37. The van der Waals surface area contributed by atoms with E-state index < -0.39 is 0 Å². The van der Waals surface area contributed by atoms with Crippen LogP contribution in [0.1, 0.15) is 60.7 Å². The van der Waals surface area contributed by atoms with E-state index in [-0.39, 0.29) is 18.5 Å². The lowest BCUT2D eigenvalue weighted by molar-refractivity contribution is -0.115. The fraction of sp³-hybridized carbons (Fsp3) is 0.391. The number of carbonyl (C=O) groups excluding carboxylic acids is 1. The molecule has 6 heteroatoms. The summed E-state index contributed by atoms with van der Waals surface area (Å²) in [5.41, 5.74) is 2.49. The first-order valence-electron chi connectivity index (χ1n) is 10.4. The molecule has 2 aromatic heterocycles. The number of benzene rings is 1. The largest absolute Gasteiger partial charge is 0.310 e. The molecule has 29 heavy (non-hydrogen) atoms. The monoisotopic (exact) mass is 408 g/mol. The predicted octanol–water partition coefficient (Wildman–Crippen LogP) is 4.94. The van der Waals surface area contributed by atoms with E-state index in [1.807, 2.05) is 10.7 Å². The highest BCUT2D eigenvalue weighted by molar-refractivity contribution is 7.10. The van der Waals surface area contributed by atoms with Gasteiger partial charge in [-0.1, -0.05) is 50.1 Å². The van der Waals surface area contributed by atoms with E-state index in [1.165, 1.54) is 28.8 Å². The van der Waals surface area contributed by atoms with E-state index in [2.05, 4.69) is 64.4 Å². The Morgan fingerprint density at radius 2 is 2.00 bits per heavy atom. The molecule has 1 fully saturated rings. The van der Waals surface area contributed by atoms with Crippen LogP contribution in [0, 0.1) is 0 Å². The van der Waals surface area contributed by atoms with Gasteiger partial charge in [-0.3, -0.25) is 10.1 Å². The minimum atomic E-state index is -0.0449. The molecule has 2 heterocycles. The number of nitrogens with one attached hydrogen (secondary N) is 2. The minimum absolute atomic E-state index is 0.00592. The molecule has 0 unspecified atom stereocenters. The first kappa shape index (κ1) is 19.9. The van der Waals surface area contributed by atoms with E-state index in [1.54, 1.807) is 17.5 Å². The molecule has 2 N–H and O–H groups in total. The van der Waals surface area contributed by atoms with Gasteiger partial charge in [-0.15, -0.1) is 11.3 Å². The van der Waals surface area contributed by atoms with Gasteiger partial charge in [0.2, 0.25) is 5.91 Å². The SMILES string of the molecule is CCc1ccc([C@@H](NCC(=O)Nc2ccnn2C2CCCC2)c2cccs2)cc1. The van der Waals surface area contributed by atoms with Gasteiger partial charge in [0.1, 0.15) is 5.82 Å². The molecule has 1 saturated carbocycles. The van der Waals surface area contributed by atoms with E-state index in [9.17, 15) is 4.79 Å². The number of carbonyl (C=O) groups is 1. The van der Waals surface area contributed by atoms with Crippen molar-refractivity contribution in [2.45, 2.75) is 51.1 Å². The normalized spacial score (nSPS) is 15.5. The zero-order valence-corrected chi connectivity index (χ0v) is 17.6. The van der Waals surface area contributed by atoms with Crippen LogP contribution in [0.3, 0.4) is 0 Å². The van der Waals surface area contributed by atoms with Crippen LogP contribution in [0.15, 0.2) is 54.0 Å². The fourth-order valence-electron chi connectivity index (χ4n) is 4.02. The Kier molecular flexibility index (Phi) is 6.42. The highest BCUT2D eigenvalue weighted by Gasteiger charge is 2.21. The Morgan fingerprint density at radius 1 is 1.21 bits per heavy atom. The van der Waals surface area contributed by atoms with Crippen LogP contribution in [0.5, 0.6) is 0 Å². The molecule has 0 aliphatic heterocycles. The molecule has 0 bridgehead atoms. The number of aromatic nitrogens is 2. The van der Waals surface area contributed by atoms with Crippen LogP contribution >= 0.6 is 11.3 Å². The van der Waals surface area contributed by atoms with Crippen molar-refractivity contribution in [2.75, 3.05) is 11.9 Å². The average Bonchev–Trinajstić information content (AvgIpc) is 3.51. The van der Waals surface area contributed by atoms with Crippen molar-refractivity contribution in [2.24, 2.45) is 0 Å². The van der Waals surface area contributed by atoms with E-state index in [0.717, 1.165) is 25.1 Å². The maximum Gasteiger partial charge on any atom is 0.239 e. The number of hydrogen-bond acceptors (Lipinski definition) is 4. The first-order chi connectivity index (χ1) is 14.2. The van der Waals surface area contributed by atoms with Gasteiger partial charge in [0.25, 0.3) is 0 Å². The minimum Gasteiger partial charge on any atom is -0.310 e. The molecule has 1 atom stereocenters. The van der Waals surface area contributed by atoms with Crippen LogP contribution < -0.4 is 10.6 Å². The second-order valence-electron chi connectivity index (χ2n) is 7.57. The van der Waals surface area contributed by atoms with Crippen LogP contribution in [-0.2, 0) is 11.2 Å². The number of nitrogens with zero attached hydrogens (tertiary/aromatic N) is 2. The summed E-state index contributed by atoms with van der Waals surface area (Å²) in [6.45, 7) is 2.40. The van der Waals surface area contributed by atoms with Crippen molar-refractivity contribution >= 4 is 23.1 Å². The number of amides is 1. The number of hydrogen-bond donors (Lipinski definition) is 2. The third-order valence-corrected chi connectivity index (χ3v) is 6.56. The quantitative estimate of drug-likeness (QED) is 0.555. The molecule has 4 rings (SSSR count). The Bertz CT molecular complexity index is 911. The molecule has 3 aromatic rings. The van der Waals surface area contributed by atoms with Gasteiger partial charge in [0, 0.05) is 10.9 Å². The van der Waals surface area contributed by atoms with Crippen molar-refractivity contribution in [3.05, 3.63) is 70.0 Å². The highest BCUT2D eigenvalue weighted by atomic mass is 32.1.